The molecule has 0 bridgehead atoms. The molecule has 1 aromatic heterocycles. The number of hydrogen-bond donors (Lipinski definition) is 1. The van der Waals surface area contributed by atoms with Crippen LogP contribution in [0, 0.1) is 13.8 Å². The molecule has 3 aromatic rings. The molecule has 3 rings (SSSR count). The molecule has 5 heteroatoms. The van der Waals surface area contributed by atoms with E-state index >= 15 is 0 Å². The van der Waals surface area contributed by atoms with Crippen molar-refractivity contribution in [1.29, 1.82) is 0 Å². The molecule has 5 nitrogen and oxygen atoms in total. The number of rotatable bonds is 4. The van der Waals surface area contributed by atoms with Crippen molar-refractivity contribution in [3.63, 3.8) is 0 Å². The quantitative estimate of drug-likeness (QED) is 0.593. The van der Waals surface area contributed by atoms with Crippen LogP contribution < -0.4 is 5.43 Å². The average molecular weight is 320 g/mol. The van der Waals surface area contributed by atoms with Crippen LogP contribution >= 0.6 is 0 Å². The van der Waals surface area contributed by atoms with Gasteiger partial charge in [0.15, 0.2) is 0 Å². The van der Waals surface area contributed by atoms with Gasteiger partial charge in [-0.2, -0.15) is 10.2 Å². The Balaban J connectivity index is 1.70. The highest BCUT2D eigenvalue weighted by Crippen LogP contribution is 2.16. The molecule has 1 amide bonds. The molecule has 1 heterocycles. The second kappa shape index (κ2) is 6.66. The molecular formula is C19H20N4O. The van der Waals surface area contributed by atoms with Crippen molar-refractivity contribution in [2.75, 3.05) is 0 Å². The summed E-state index contributed by atoms with van der Waals surface area (Å²) in [6, 6.07) is 16.2. The number of carbonyl (C=O) groups excluding carboxylic acids is 1. The number of benzene rings is 2. The fourth-order valence-corrected chi connectivity index (χ4v) is 2.63. The largest absolute Gasteiger partial charge is 0.271 e. The van der Waals surface area contributed by atoms with E-state index in [0.29, 0.717) is 0 Å². The van der Waals surface area contributed by atoms with E-state index in [2.05, 4.69) is 39.9 Å². The number of carbonyl (C=O) groups is 1. The molecule has 2 aromatic carbocycles. The number of hydrogen-bond acceptors (Lipinski definition) is 3. The fourth-order valence-electron chi connectivity index (χ4n) is 2.63. The lowest BCUT2D eigenvalue weighted by atomic mass is 10.0. The van der Waals surface area contributed by atoms with Crippen LogP contribution in [0.5, 0.6) is 0 Å². The minimum atomic E-state index is -0.193. The third-order valence-corrected chi connectivity index (χ3v) is 3.91. The smallest absolute Gasteiger partial charge is 0.261 e. The molecule has 0 aliphatic carbocycles. The van der Waals surface area contributed by atoms with E-state index in [-0.39, 0.29) is 12.5 Å². The molecule has 0 aliphatic heterocycles. The van der Waals surface area contributed by atoms with Crippen molar-refractivity contribution in [2.24, 2.45) is 5.10 Å². The van der Waals surface area contributed by atoms with E-state index in [1.807, 2.05) is 45.0 Å². The van der Waals surface area contributed by atoms with E-state index < -0.39 is 0 Å². The molecular weight excluding hydrogens is 300 g/mol. The van der Waals surface area contributed by atoms with E-state index in [0.717, 1.165) is 28.0 Å². The fraction of sp³-hybridized carbons (Fsp3) is 0.211. The Bertz CT molecular complexity index is 924. The van der Waals surface area contributed by atoms with Gasteiger partial charge < -0.3 is 0 Å². The number of aromatic nitrogens is 2. The van der Waals surface area contributed by atoms with Gasteiger partial charge in [-0.25, -0.2) is 5.43 Å². The molecule has 1 N–H and O–H groups in total. The second-order valence-electron chi connectivity index (χ2n) is 5.88. The summed E-state index contributed by atoms with van der Waals surface area (Å²) in [6.45, 7) is 5.88. The topological polar surface area (TPSA) is 59.3 Å². The summed E-state index contributed by atoms with van der Waals surface area (Å²) >= 11 is 0. The monoisotopic (exact) mass is 320 g/mol. The van der Waals surface area contributed by atoms with Crippen molar-refractivity contribution in [1.82, 2.24) is 15.2 Å². The number of amides is 1. The van der Waals surface area contributed by atoms with Crippen LogP contribution in [0.15, 0.2) is 53.6 Å². The third-order valence-electron chi connectivity index (χ3n) is 3.91. The van der Waals surface area contributed by atoms with Crippen LogP contribution in [-0.2, 0) is 11.3 Å². The van der Waals surface area contributed by atoms with Gasteiger partial charge in [0.05, 0.1) is 11.4 Å². The number of hydrazone groups is 1. The van der Waals surface area contributed by atoms with Crippen LogP contribution in [0.1, 0.15) is 23.9 Å². The van der Waals surface area contributed by atoms with Crippen molar-refractivity contribution >= 4 is 22.4 Å². The van der Waals surface area contributed by atoms with Gasteiger partial charge in [-0.05, 0) is 49.2 Å². The van der Waals surface area contributed by atoms with Gasteiger partial charge in [-0.1, -0.05) is 36.4 Å². The van der Waals surface area contributed by atoms with Crippen LogP contribution in [0.4, 0.5) is 0 Å². The summed E-state index contributed by atoms with van der Waals surface area (Å²) in [5, 5.41) is 10.8. The maximum absolute atomic E-state index is 12.0. The Morgan fingerprint density at radius 2 is 1.88 bits per heavy atom. The number of nitrogens with zero attached hydrogens (tertiary/aromatic N) is 3. The molecule has 0 fully saturated rings. The first-order chi connectivity index (χ1) is 11.5. The Hall–Kier alpha value is -2.95. The predicted octanol–water partition coefficient (Wildman–Crippen LogP) is 3.19. The lowest BCUT2D eigenvalue weighted by molar-refractivity contribution is -0.121. The molecule has 0 unspecified atom stereocenters. The summed E-state index contributed by atoms with van der Waals surface area (Å²) in [6.07, 6.45) is 0. The molecule has 0 saturated heterocycles. The summed E-state index contributed by atoms with van der Waals surface area (Å²) < 4.78 is 1.67. The Kier molecular flexibility index (Phi) is 4.42. The van der Waals surface area contributed by atoms with Gasteiger partial charge in [0.1, 0.15) is 6.54 Å². The van der Waals surface area contributed by atoms with Crippen LogP contribution in [0.25, 0.3) is 10.8 Å². The maximum atomic E-state index is 12.0. The second-order valence-corrected chi connectivity index (χ2v) is 5.88. The summed E-state index contributed by atoms with van der Waals surface area (Å²) in [4.78, 5) is 12.0. The normalized spacial score (nSPS) is 11.7. The molecule has 0 radical (unpaired) electrons. The zero-order chi connectivity index (χ0) is 17.1. The number of fused-ring (bicyclic) bond motifs is 1. The van der Waals surface area contributed by atoms with Crippen molar-refractivity contribution in [2.45, 2.75) is 27.3 Å². The van der Waals surface area contributed by atoms with Gasteiger partial charge >= 0.3 is 0 Å². The highest BCUT2D eigenvalue weighted by Gasteiger charge is 2.07. The van der Waals surface area contributed by atoms with Crippen molar-refractivity contribution in [3.8, 4) is 0 Å². The summed E-state index contributed by atoms with van der Waals surface area (Å²) in [7, 11) is 0. The molecule has 24 heavy (non-hydrogen) atoms. The zero-order valence-corrected chi connectivity index (χ0v) is 14.1. The van der Waals surface area contributed by atoms with Gasteiger partial charge in [0, 0.05) is 5.69 Å². The number of nitrogens with one attached hydrogen (secondary N) is 1. The number of aryl methyl sites for hydroxylation is 2. The first-order valence-corrected chi connectivity index (χ1v) is 7.86. The molecule has 0 saturated carbocycles. The molecule has 0 spiro atoms. The standard InChI is InChI=1S/C19H20N4O/c1-13-10-14(2)23(22-13)12-19(24)21-20-15(3)17-9-8-16-6-4-5-7-18(16)11-17/h4-11H,12H2,1-3H3,(H,21,24)/b20-15+. The molecule has 0 atom stereocenters. The van der Waals surface area contributed by atoms with Gasteiger partial charge in [0.25, 0.3) is 5.91 Å². The molecule has 0 aliphatic rings. The third kappa shape index (κ3) is 3.51. The minimum Gasteiger partial charge on any atom is -0.271 e. The summed E-state index contributed by atoms with van der Waals surface area (Å²) in [5.41, 5.74) is 6.21. The zero-order valence-electron chi connectivity index (χ0n) is 14.1. The van der Waals surface area contributed by atoms with Gasteiger partial charge in [0.2, 0.25) is 0 Å². The van der Waals surface area contributed by atoms with E-state index in [4.69, 9.17) is 0 Å². The lowest BCUT2D eigenvalue weighted by Gasteiger charge is -2.06. The first-order valence-electron chi connectivity index (χ1n) is 7.86. The van der Waals surface area contributed by atoms with E-state index in [1.165, 1.54) is 5.39 Å². The van der Waals surface area contributed by atoms with Gasteiger partial charge in [-0.3, -0.25) is 9.48 Å². The highest BCUT2D eigenvalue weighted by molar-refractivity contribution is 6.02. The van der Waals surface area contributed by atoms with Gasteiger partial charge in [-0.15, -0.1) is 0 Å². The maximum Gasteiger partial charge on any atom is 0.261 e. The molecule has 122 valence electrons. The lowest BCUT2D eigenvalue weighted by Crippen LogP contribution is -2.25. The highest BCUT2D eigenvalue weighted by atomic mass is 16.2. The average Bonchev–Trinajstić information content (AvgIpc) is 2.89. The van der Waals surface area contributed by atoms with E-state index in [9.17, 15) is 4.79 Å². The van der Waals surface area contributed by atoms with Crippen LogP contribution in [0.2, 0.25) is 0 Å². The van der Waals surface area contributed by atoms with Crippen molar-refractivity contribution in [3.05, 3.63) is 65.5 Å². The minimum absolute atomic E-state index is 0.161. The van der Waals surface area contributed by atoms with Crippen molar-refractivity contribution < 1.29 is 4.79 Å². The predicted molar refractivity (Wildman–Crippen MR) is 96.0 cm³/mol. The van der Waals surface area contributed by atoms with E-state index in [1.54, 1.807) is 4.68 Å². The SMILES string of the molecule is C/C(=N\NC(=O)Cn1nc(C)cc1C)c1ccc2ccccc2c1. The summed E-state index contributed by atoms with van der Waals surface area (Å²) in [5.74, 6) is -0.193. The van der Waals surface area contributed by atoms with Crippen LogP contribution in [0.3, 0.4) is 0 Å². The Morgan fingerprint density at radius 3 is 2.58 bits per heavy atom. The van der Waals surface area contributed by atoms with Crippen LogP contribution in [-0.4, -0.2) is 21.4 Å². The Morgan fingerprint density at radius 1 is 1.12 bits per heavy atom. The first kappa shape index (κ1) is 15.9. The Labute approximate surface area is 141 Å².